The van der Waals surface area contributed by atoms with E-state index >= 15 is 0 Å². The zero-order valence-electron chi connectivity index (χ0n) is 10.3. The summed E-state index contributed by atoms with van der Waals surface area (Å²) in [6, 6.07) is 18.1. The molecule has 94 valence electrons. The summed E-state index contributed by atoms with van der Waals surface area (Å²) in [5.41, 5.74) is 3.46. The van der Waals surface area contributed by atoms with Crippen LogP contribution in [-0.4, -0.2) is 9.78 Å². The smallest absolute Gasteiger partial charge is 0.0660 e. The van der Waals surface area contributed by atoms with Crippen LogP contribution in [0.4, 0.5) is 0 Å². The number of hydrogen-bond donors (Lipinski definition) is 0. The van der Waals surface area contributed by atoms with Crippen LogP contribution in [0.15, 0.2) is 67.0 Å². The van der Waals surface area contributed by atoms with Gasteiger partial charge in [0, 0.05) is 16.8 Å². The Hall–Kier alpha value is -2.06. The van der Waals surface area contributed by atoms with Crippen molar-refractivity contribution in [1.82, 2.24) is 9.78 Å². The van der Waals surface area contributed by atoms with E-state index in [1.54, 1.807) is 0 Å². The van der Waals surface area contributed by atoms with Gasteiger partial charge in [-0.25, -0.2) is 0 Å². The lowest BCUT2D eigenvalue weighted by molar-refractivity contribution is 0.687. The average Bonchev–Trinajstić information content (AvgIpc) is 2.88. The van der Waals surface area contributed by atoms with Gasteiger partial charge in [0.2, 0.25) is 0 Å². The molecule has 0 spiro atoms. The van der Waals surface area contributed by atoms with Crippen LogP contribution in [0.3, 0.4) is 0 Å². The van der Waals surface area contributed by atoms with E-state index in [0.717, 1.165) is 22.7 Å². The molecular weight excluding hydrogens is 256 g/mol. The van der Waals surface area contributed by atoms with E-state index < -0.39 is 0 Å². The zero-order valence-corrected chi connectivity index (χ0v) is 11.1. The van der Waals surface area contributed by atoms with Crippen LogP contribution in [0.1, 0.15) is 5.56 Å². The summed E-state index contributed by atoms with van der Waals surface area (Å²) in [6.07, 6.45) is 3.94. The van der Waals surface area contributed by atoms with Crippen molar-refractivity contribution in [3.63, 3.8) is 0 Å². The van der Waals surface area contributed by atoms with Gasteiger partial charge in [-0.15, -0.1) is 0 Å². The first kappa shape index (κ1) is 12.0. The highest BCUT2D eigenvalue weighted by molar-refractivity contribution is 6.30. The molecule has 0 fully saturated rings. The Kier molecular flexibility index (Phi) is 3.34. The maximum atomic E-state index is 5.98. The lowest BCUT2D eigenvalue weighted by Crippen LogP contribution is -1.99. The molecule has 0 atom stereocenters. The molecule has 2 nitrogen and oxygen atoms in total. The fourth-order valence-electron chi connectivity index (χ4n) is 2.05. The molecule has 0 radical (unpaired) electrons. The number of nitrogens with zero attached hydrogens (tertiary/aromatic N) is 2. The number of aromatic nitrogens is 2. The third-order valence-electron chi connectivity index (χ3n) is 2.97. The Balaban J connectivity index is 1.82. The number of benzene rings is 2. The van der Waals surface area contributed by atoms with E-state index in [0.29, 0.717) is 0 Å². The number of rotatable bonds is 3. The fraction of sp³-hybridized carbons (Fsp3) is 0.0625. The van der Waals surface area contributed by atoms with Crippen molar-refractivity contribution < 1.29 is 0 Å². The Morgan fingerprint density at radius 2 is 1.79 bits per heavy atom. The maximum absolute atomic E-state index is 5.98. The molecule has 0 saturated carbocycles. The largest absolute Gasteiger partial charge is 0.268 e. The second-order valence-electron chi connectivity index (χ2n) is 4.42. The van der Waals surface area contributed by atoms with Crippen LogP contribution < -0.4 is 0 Å². The summed E-state index contributed by atoms with van der Waals surface area (Å²) >= 11 is 5.98. The van der Waals surface area contributed by atoms with Crippen LogP contribution in [0.25, 0.3) is 11.1 Å². The molecule has 0 saturated heterocycles. The highest BCUT2D eigenvalue weighted by atomic mass is 35.5. The minimum Gasteiger partial charge on any atom is -0.268 e. The van der Waals surface area contributed by atoms with Crippen LogP contribution >= 0.6 is 11.6 Å². The predicted molar refractivity (Wildman–Crippen MR) is 78.2 cm³/mol. The van der Waals surface area contributed by atoms with E-state index in [1.165, 1.54) is 5.56 Å². The summed E-state index contributed by atoms with van der Waals surface area (Å²) in [5.74, 6) is 0. The van der Waals surface area contributed by atoms with Gasteiger partial charge in [0.05, 0.1) is 12.7 Å². The first-order valence-corrected chi connectivity index (χ1v) is 6.51. The molecule has 0 aliphatic heterocycles. The Bertz CT molecular complexity index is 674. The van der Waals surface area contributed by atoms with E-state index in [-0.39, 0.29) is 0 Å². The molecule has 0 aliphatic rings. The monoisotopic (exact) mass is 268 g/mol. The fourth-order valence-corrected chi connectivity index (χ4v) is 2.26. The van der Waals surface area contributed by atoms with Crippen LogP contribution in [0.5, 0.6) is 0 Å². The van der Waals surface area contributed by atoms with Gasteiger partial charge in [-0.05, 0) is 23.3 Å². The van der Waals surface area contributed by atoms with Crippen molar-refractivity contribution in [1.29, 1.82) is 0 Å². The Labute approximate surface area is 117 Å². The van der Waals surface area contributed by atoms with Crippen LogP contribution in [0, 0.1) is 0 Å². The van der Waals surface area contributed by atoms with Gasteiger partial charge >= 0.3 is 0 Å². The zero-order chi connectivity index (χ0) is 13.1. The van der Waals surface area contributed by atoms with Crippen molar-refractivity contribution in [2.75, 3.05) is 0 Å². The minimum atomic E-state index is 0.730. The molecule has 19 heavy (non-hydrogen) atoms. The van der Waals surface area contributed by atoms with Gasteiger partial charge in [0.1, 0.15) is 0 Å². The minimum absolute atomic E-state index is 0.730. The first-order valence-electron chi connectivity index (χ1n) is 6.13. The van der Waals surface area contributed by atoms with E-state index in [1.807, 2.05) is 47.3 Å². The average molecular weight is 269 g/mol. The SMILES string of the molecule is Clc1cccc(Cn2cc(-c3ccccc3)cn2)c1. The van der Waals surface area contributed by atoms with Gasteiger partial charge in [-0.2, -0.15) is 5.10 Å². The Morgan fingerprint density at radius 1 is 0.947 bits per heavy atom. The molecule has 0 aliphatic carbocycles. The first-order chi connectivity index (χ1) is 9.31. The predicted octanol–water partition coefficient (Wildman–Crippen LogP) is 4.25. The quantitative estimate of drug-likeness (QED) is 0.694. The number of hydrogen-bond acceptors (Lipinski definition) is 1. The van der Waals surface area contributed by atoms with Crippen molar-refractivity contribution in [3.05, 3.63) is 77.6 Å². The molecule has 3 heteroatoms. The number of halogens is 1. The van der Waals surface area contributed by atoms with Crippen molar-refractivity contribution in [2.24, 2.45) is 0 Å². The van der Waals surface area contributed by atoms with Gasteiger partial charge in [-0.1, -0.05) is 54.1 Å². The second-order valence-corrected chi connectivity index (χ2v) is 4.86. The van der Waals surface area contributed by atoms with Gasteiger partial charge in [0.25, 0.3) is 0 Å². The molecule has 3 rings (SSSR count). The summed E-state index contributed by atoms with van der Waals surface area (Å²) in [7, 11) is 0. The molecule has 0 N–H and O–H groups in total. The van der Waals surface area contributed by atoms with E-state index in [9.17, 15) is 0 Å². The molecule has 1 aromatic heterocycles. The third-order valence-corrected chi connectivity index (χ3v) is 3.21. The molecule has 2 aromatic carbocycles. The second kappa shape index (κ2) is 5.29. The summed E-state index contributed by atoms with van der Waals surface area (Å²) in [4.78, 5) is 0. The Morgan fingerprint density at radius 3 is 2.58 bits per heavy atom. The van der Waals surface area contributed by atoms with Crippen LogP contribution in [0.2, 0.25) is 5.02 Å². The maximum Gasteiger partial charge on any atom is 0.0660 e. The van der Waals surface area contributed by atoms with Crippen molar-refractivity contribution in [3.8, 4) is 11.1 Å². The van der Waals surface area contributed by atoms with Crippen molar-refractivity contribution >= 4 is 11.6 Å². The molecule has 3 aromatic rings. The summed E-state index contributed by atoms with van der Waals surface area (Å²) in [6.45, 7) is 0.730. The van der Waals surface area contributed by atoms with Crippen LogP contribution in [-0.2, 0) is 6.54 Å². The molecular formula is C16H13ClN2. The van der Waals surface area contributed by atoms with E-state index in [4.69, 9.17) is 11.6 Å². The topological polar surface area (TPSA) is 17.8 Å². The van der Waals surface area contributed by atoms with Crippen molar-refractivity contribution in [2.45, 2.75) is 6.54 Å². The van der Waals surface area contributed by atoms with Gasteiger partial charge in [0.15, 0.2) is 0 Å². The highest BCUT2D eigenvalue weighted by Crippen LogP contribution is 2.18. The summed E-state index contributed by atoms with van der Waals surface area (Å²) in [5, 5.41) is 5.15. The molecule has 0 bridgehead atoms. The van der Waals surface area contributed by atoms with Gasteiger partial charge < -0.3 is 0 Å². The lowest BCUT2D eigenvalue weighted by atomic mass is 10.1. The molecule has 0 unspecified atom stereocenters. The molecule has 1 heterocycles. The third kappa shape index (κ3) is 2.85. The standard InChI is InChI=1S/C16H13ClN2/c17-16-8-4-5-13(9-16)11-19-12-15(10-18-19)14-6-2-1-3-7-14/h1-10,12H,11H2. The normalized spacial score (nSPS) is 10.6. The summed E-state index contributed by atoms with van der Waals surface area (Å²) < 4.78 is 1.92. The lowest BCUT2D eigenvalue weighted by Gasteiger charge is -2.02. The highest BCUT2D eigenvalue weighted by Gasteiger charge is 2.02. The van der Waals surface area contributed by atoms with E-state index in [2.05, 4.69) is 29.5 Å². The molecule has 0 amide bonds. The van der Waals surface area contributed by atoms with Gasteiger partial charge in [-0.3, -0.25) is 4.68 Å².